The summed E-state index contributed by atoms with van der Waals surface area (Å²) in [7, 11) is 1.98. The van der Waals surface area contributed by atoms with E-state index in [0.29, 0.717) is 36.6 Å². The Morgan fingerprint density at radius 3 is 2.58 bits per heavy atom. The summed E-state index contributed by atoms with van der Waals surface area (Å²) in [5.41, 5.74) is 16.4. The number of halogens is 1. The maximum atomic E-state index is 14.3. The van der Waals surface area contributed by atoms with E-state index in [0.717, 1.165) is 16.8 Å². The van der Waals surface area contributed by atoms with Crippen LogP contribution in [0.2, 0.25) is 0 Å². The lowest BCUT2D eigenvalue weighted by atomic mass is 10.0. The molecule has 0 spiro atoms. The number of hydrogen-bond acceptors (Lipinski definition) is 4. The van der Waals surface area contributed by atoms with Crippen molar-refractivity contribution in [3.05, 3.63) is 76.7 Å². The minimum absolute atomic E-state index is 0.293. The number of nitrogens with zero attached hydrogens (tertiary/aromatic N) is 2. The van der Waals surface area contributed by atoms with Gasteiger partial charge >= 0.3 is 0 Å². The van der Waals surface area contributed by atoms with Crippen molar-refractivity contribution in [3.8, 4) is 0 Å². The molecule has 4 nitrogen and oxygen atoms in total. The highest BCUT2D eigenvalue weighted by Crippen LogP contribution is 2.21. The van der Waals surface area contributed by atoms with E-state index >= 15 is 0 Å². The van der Waals surface area contributed by atoms with Gasteiger partial charge in [-0.2, -0.15) is 0 Å². The first-order valence-corrected chi connectivity index (χ1v) is 7.85. The second kappa shape index (κ2) is 6.84. The zero-order chi connectivity index (χ0) is 17.1. The zero-order valence-corrected chi connectivity index (χ0v) is 13.7. The second-order valence-electron chi connectivity index (χ2n) is 6.07. The van der Waals surface area contributed by atoms with Crippen molar-refractivity contribution in [3.63, 3.8) is 0 Å². The van der Waals surface area contributed by atoms with E-state index in [1.54, 1.807) is 12.1 Å². The third-order valence-electron chi connectivity index (χ3n) is 4.04. The van der Waals surface area contributed by atoms with Crippen molar-refractivity contribution in [2.45, 2.75) is 6.54 Å². The molecule has 0 aromatic heterocycles. The minimum Gasteiger partial charge on any atom is -0.401 e. The molecular weight excluding hydrogens is 303 g/mol. The third-order valence-corrected chi connectivity index (χ3v) is 4.04. The van der Waals surface area contributed by atoms with Crippen LogP contribution < -0.4 is 11.5 Å². The first-order chi connectivity index (χ1) is 11.5. The predicted octanol–water partition coefficient (Wildman–Crippen LogP) is 2.56. The summed E-state index contributed by atoms with van der Waals surface area (Å²) in [6, 6.07) is 14.2. The molecule has 0 saturated carbocycles. The summed E-state index contributed by atoms with van der Waals surface area (Å²) in [6.07, 6.45) is 0. The number of likely N-dealkylation sites (N-methyl/N-ethyl adjacent to an activating group) is 1. The molecular formula is C19H21FN4. The number of nitrogens with two attached hydrogens (primary N) is 2. The van der Waals surface area contributed by atoms with E-state index in [1.165, 1.54) is 6.07 Å². The van der Waals surface area contributed by atoms with E-state index < -0.39 is 0 Å². The molecule has 2 aromatic rings. The number of rotatable bonds is 4. The van der Waals surface area contributed by atoms with Crippen LogP contribution in [-0.2, 0) is 6.54 Å². The Hall–Kier alpha value is -2.66. The van der Waals surface area contributed by atoms with Gasteiger partial charge in [-0.25, -0.2) is 4.39 Å². The van der Waals surface area contributed by atoms with Gasteiger partial charge in [0.1, 0.15) is 5.82 Å². The van der Waals surface area contributed by atoms with Crippen molar-refractivity contribution in [1.82, 2.24) is 4.90 Å². The fourth-order valence-corrected chi connectivity index (χ4v) is 2.90. The molecule has 0 bridgehead atoms. The van der Waals surface area contributed by atoms with Gasteiger partial charge in [0.05, 0.1) is 12.3 Å². The molecule has 4 N–H and O–H groups in total. The molecule has 5 heteroatoms. The normalized spacial score (nSPS) is 16.0. The molecule has 0 saturated heterocycles. The fraction of sp³-hybridized carbons (Fsp3) is 0.211. The van der Waals surface area contributed by atoms with Crippen molar-refractivity contribution >= 4 is 11.4 Å². The Kier molecular flexibility index (Phi) is 4.62. The predicted molar refractivity (Wildman–Crippen MR) is 96.2 cm³/mol. The van der Waals surface area contributed by atoms with Crippen LogP contribution in [0.3, 0.4) is 0 Å². The van der Waals surface area contributed by atoms with Crippen molar-refractivity contribution in [2.75, 3.05) is 25.9 Å². The van der Waals surface area contributed by atoms with Gasteiger partial charge in [-0.1, -0.05) is 24.3 Å². The lowest BCUT2D eigenvalue weighted by molar-refractivity contribution is 0.426. The number of benzene rings is 2. The summed E-state index contributed by atoms with van der Waals surface area (Å²) in [5.74, 6) is -0.293. The van der Waals surface area contributed by atoms with Crippen LogP contribution in [0, 0.1) is 5.82 Å². The van der Waals surface area contributed by atoms with Gasteiger partial charge in [0.25, 0.3) is 0 Å². The Balaban J connectivity index is 2.01. The topological polar surface area (TPSA) is 67.6 Å². The van der Waals surface area contributed by atoms with Crippen LogP contribution in [0.1, 0.15) is 11.1 Å². The first kappa shape index (κ1) is 16.2. The molecule has 124 valence electrons. The van der Waals surface area contributed by atoms with Gasteiger partial charge in [-0.05, 0) is 36.9 Å². The summed E-state index contributed by atoms with van der Waals surface area (Å²) in [6.45, 7) is 1.76. The zero-order valence-electron chi connectivity index (χ0n) is 13.7. The van der Waals surface area contributed by atoms with E-state index in [9.17, 15) is 4.39 Å². The highest BCUT2D eigenvalue weighted by atomic mass is 19.1. The Morgan fingerprint density at radius 2 is 1.92 bits per heavy atom. The van der Waals surface area contributed by atoms with Crippen LogP contribution in [0.25, 0.3) is 0 Å². The summed E-state index contributed by atoms with van der Waals surface area (Å²) in [4.78, 5) is 6.77. The van der Waals surface area contributed by atoms with Gasteiger partial charge in [0, 0.05) is 35.6 Å². The Morgan fingerprint density at radius 1 is 1.12 bits per heavy atom. The standard InChI is InChI=1S/C19H21FN4/c1-24-11-16(18(22)12-24)19(15-7-2-3-8-17(15)20)23-10-13-5-4-6-14(21)9-13/h2-9H,10-12,21-22H2,1H3. The van der Waals surface area contributed by atoms with E-state index in [4.69, 9.17) is 11.5 Å². The van der Waals surface area contributed by atoms with Crippen molar-refractivity contribution < 1.29 is 4.39 Å². The number of hydrogen-bond donors (Lipinski definition) is 2. The van der Waals surface area contributed by atoms with Crippen molar-refractivity contribution in [2.24, 2.45) is 10.7 Å². The molecule has 0 atom stereocenters. The van der Waals surface area contributed by atoms with E-state index in [-0.39, 0.29) is 5.82 Å². The van der Waals surface area contributed by atoms with E-state index in [1.807, 2.05) is 37.4 Å². The smallest absolute Gasteiger partial charge is 0.132 e. The van der Waals surface area contributed by atoms with Gasteiger partial charge in [0.15, 0.2) is 0 Å². The van der Waals surface area contributed by atoms with Crippen molar-refractivity contribution in [1.29, 1.82) is 0 Å². The summed E-state index contributed by atoms with van der Waals surface area (Å²) < 4.78 is 14.3. The Bertz CT molecular complexity index is 811. The highest BCUT2D eigenvalue weighted by molar-refractivity contribution is 6.13. The molecule has 3 rings (SSSR count). The monoisotopic (exact) mass is 324 g/mol. The van der Waals surface area contributed by atoms with Gasteiger partial charge in [0.2, 0.25) is 0 Å². The average Bonchev–Trinajstić information content (AvgIpc) is 2.88. The average molecular weight is 324 g/mol. The third kappa shape index (κ3) is 3.46. The molecule has 24 heavy (non-hydrogen) atoms. The minimum atomic E-state index is -0.293. The van der Waals surface area contributed by atoms with E-state index in [2.05, 4.69) is 9.89 Å². The summed E-state index contributed by atoms with van der Waals surface area (Å²) >= 11 is 0. The van der Waals surface area contributed by atoms with Gasteiger partial charge in [-0.15, -0.1) is 0 Å². The number of nitrogen functional groups attached to an aromatic ring is 1. The van der Waals surface area contributed by atoms with Crippen LogP contribution in [-0.4, -0.2) is 30.7 Å². The fourth-order valence-electron chi connectivity index (χ4n) is 2.90. The quantitative estimate of drug-likeness (QED) is 0.671. The molecule has 2 aromatic carbocycles. The molecule has 1 aliphatic rings. The summed E-state index contributed by atoms with van der Waals surface area (Å²) in [5, 5.41) is 0. The second-order valence-corrected chi connectivity index (χ2v) is 6.07. The lowest BCUT2D eigenvalue weighted by Crippen LogP contribution is -2.18. The molecule has 0 unspecified atom stereocenters. The number of anilines is 1. The van der Waals surface area contributed by atoms with Crippen LogP contribution in [0.15, 0.2) is 64.8 Å². The number of aliphatic imine (C=N–C) groups is 1. The Labute approximate surface area is 141 Å². The SMILES string of the molecule is CN1CC(N)=C(C(=NCc2cccc(N)c2)c2ccccc2F)C1. The van der Waals surface area contributed by atoms with Gasteiger partial charge in [-0.3, -0.25) is 9.89 Å². The largest absolute Gasteiger partial charge is 0.401 e. The van der Waals surface area contributed by atoms with Crippen LogP contribution in [0.4, 0.5) is 10.1 Å². The van der Waals surface area contributed by atoms with Gasteiger partial charge < -0.3 is 11.5 Å². The molecule has 1 aliphatic heterocycles. The molecule has 0 amide bonds. The molecule has 1 heterocycles. The lowest BCUT2D eigenvalue weighted by Gasteiger charge is -2.12. The highest BCUT2D eigenvalue weighted by Gasteiger charge is 2.23. The molecule has 0 radical (unpaired) electrons. The maximum Gasteiger partial charge on any atom is 0.132 e. The maximum absolute atomic E-state index is 14.3. The molecule has 0 fully saturated rings. The van der Waals surface area contributed by atoms with Crippen LogP contribution >= 0.6 is 0 Å². The molecule has 0 aliphatic carbocycles. The van der Waals surface area contributed by atoms with Crippen LogP contribution in [0.5, 0.6) is 0 Å². The first-order valence-electron chi connectivity index (χ1n) is 7.85.